The Bertz CT molecular complexity index is 1640. The first-order valence-corrected chi connectivity index (χ1v) is 18.0. The summed E-state index contributed by atoms with van der Waals surface area (Å²) in [6.45, 7) is 17.2. The van der Waals surface area contributed by atoms with E-state index in [-0.39, 0.29) is 18.5 Å². The van der Waals surface area contributed by atoms with E-state index in [4.69, 9.17) is 26.1 Å². The molecule has 2 heterocycles. The van der Waals surface area contributed by atoms with Crippen LogP contribution in [0, 0.1) is 6.92 Å². The summed E-state index contributed by atoms with van der Waals surface area (Å²) in [5.41, 5.74) is 4.17. The van der Waals surface area contributed by atoms with Crippen LogP contribution in [0.4, 0.5) is 0 Å². The van der Waals surface area contributed by atoms with Gasteiger partial charge in [0.25, 0.3) is 0 Å². The maximum absolute atomic E-state index is 13.0. The summed E-state index contributed by atoms with van der Waals surface area (Å²) in [7, 11) is -3.48. The van der Waals surface area contributed by atoms with Crippen molar-refractivity contribution in [2.24, 2.45) is 0 Å². The number of piperidine rings is 1. The summed E-state index contributed by atoms with van der Waals surface area (Å²) < 4.78 is 37.9. The Hall–Kier alpha value is -3.01. The number of likely N-dealkylation sites (tertiary alicyclic amines) is 1. The van der Waals surface area contributed by atoms with Crippen LogP contribution in [0.2, 0.25) is 5.02 Å². The maximum Gasteiger partial charge on any atom is 0.320 e. The largest absolute Gasteiger partial charge is 0.491 e. The smallest absolute Gasteiger partial charge is 0.320 e. The number of aromatic nitrogens is 2. The summed E-state index contributed by atoms with van der Waals surface area (Å²) in [5, 5.41) is -0.149. The highest BCUT2D eigenvalue weighted by Crippen LogP contribution is 2.36. The number of ether oxygens (including phenoxy) is 2. The van der Waals surface area contributed by atoms with E-state index in [1.807, 2.05) is 46.8 Å². The van der Waals surface area contributed by atoms with Gasteiger partial charge in [-0.15, -0.1) is 0 Å². The van der Waals surface area contributed by atoms with Gasteiger partial charge in [0.05, 0.1) is 33.5 Å². The van der Waals surface area contributed by atoms with Crippen LogP contribution >= 0.6 is 11.6 Å². The van der Waals surface area contributed by atoms with Gasteiger partial charge in [0.15, 0.2) is 9.84 Å². The van der Waals surface area contributed by atoms with Gasteiger partial charge in [-0.25, -0.2) is 18.4 Å². The molecule has 46 heavy (non-hydrogen) atoms. The third kappa shape index (κ3) is 9.29. The number of carbonyl (C=O) groups is 1. The molecule has 3 aromatic rings. The highest BCUT2D eigenvalue weighted by atomic mass is 35.5. The molecule has 0 bridgehead atoms. The molecular weight excluding hydrogens is 622 g/mol. The highest BCUT2D eigenvalue weighted by Gasteiger charge is 2.27. The summed E-state index contributed by atoms with van der Waals surface area (Å²) in [6.07, 6.45) is 4.17. The van der Waals surface area contributed by atoms with Gasteiger partial charge in [-0.3, -0.25) is 9.69 Å². The van der Waals surface area contributed by atoms with Gasteiger partial charge in [-0.2, -0.15) is 0 Å². The van der Waals surface area contributed by atoms with Crippen LogP contribution in [0.25, 0.3) is 0 Å². The Morgan fingerprint density at radius 3 is 2.35 bits per heavy atom. The minimum atomic E-state index is -3.48. The van der Waals surface area contributed by atoms with Gasteiger partial charge in [0.2, 0.25) is 0 Å². The number of rotatable bonds is 11. The van der Waals surface area contributed by atoms with Gasteiger partial charge >= 0.3 is 5.97 Å². The number of hydrogen-bond acceptors (Lipinski definition) is 8. The van der Waals surface area contributed by atoms with Crippen molar-refractivity contribution in [3.05, 3.63) is 81.4 Å². The normalized spacial score (nSPS) is 15.0. The standard InChI is InChI=1S/C36H48ClN3O5S/c1-23(2)44-32-20-29(26-13-15-40(16-14-26)22-35(41)45-36(6,7)8)25(5)17-28(32)19-34-38-21-30(37)31(39-34)18-27-11-9-10-12-33(27)46(42,43)24(3)4/h9-12,17,20-21,23-24,26H,13-16,18-19,22H2,1-8H3. The summed E-state index contributed by atoms with van der Waals surface area (Å²) in [6, 6.07) is 11.4. The van der Waals surface area contributed by atoms with Gasteiger partial charge < -0.3 is 9.47 Å². The fourth-order valence-corrected chi connectivity index (χ4v) is 7.29. The minimum absolute atomic E-state index is 0.0221. The number of nitrogens with zero attached hydrogens (tertiary/aromatic N) is 3. The van der Waals surface area contributed by atoms with Crippen molar-refractivity contribution >= 4 is 27.4 Å². The summed E-state index contributed by atoms with van der Waals surface area (Å²) in [4.78, 5) is 24.2. The molecule has 1 aliphatic heterocycles. The molecule has 4 rings (SSSR count). The van der Waals surface area contributed by atoms with Crippen molar-refractivity contribution in [3.8, 4) is 5.75 Å². The zero-order valence-electron chi connectivity index (χ0n) is 28.4. The molecule has 0 N–H and O–H groups in total. The van der Waals surface area contributed by atoms with Crippen molar-refractivity contribution in [1.29, 1.82) is 0 Å². The fraction of sp³-hybridized carbons (Fsp3) is 0.528. The first kappa shape index (κ1) is 35.8. The van der Waals surface area contributed by atoms with Crippen molar-refractivity contribution in [2.45, 2.75) is 109 Å². The van der Waals surface area contributed by atoms with E-state index in [1.165, 1.54) is 11.1 Å². The highest BCUT2D eigenvalue weighted by molar-refractivity contribution is 7.92. The summed E-state index contributed by atoms with van der Waals surface area (Å²) in [5.74, 6) is 1.57. The van der Waals surface area contributed by atoms with Crippen LogP contribution in [0.1, 0.15) is 101 Å². The predicted molar refractivity (Wildman–Crippen MR) is 183 cm³/mol. The molecule has 0 saturated carbocycles. The Morgan fingerprint density at radius 2 is 1.72 bits per heavy atom. The van der Waals surface area contributed by atoms with Gasteiger partial charge in [-0.1, -0.05) is 35.9 Å². The molecule has 1 fully saturated rings. The molecule has 1 aliphatic rings. The van der Waals surface area contributed by atoms with E-state index in [0.717, 1.165) is 37.2 Å². The average Bonchev–Trinajstić information content (AvgIpc) is 2.95. The molecule has 0 unspecified atom stereocenters. The second kappa shape index (κ2) is 14.8. The number of sulfone groups is 1. The lowest BCUT2D eigenvalue weighted by atomic mass is 9.85. The number of esters is 1. The maximum atomic E-state index is 13.0. The number of carbonyl (C=O) groups excluding carboxylic acids is 1. The van der Waals surface area contributed by atoms with E-state index < -0.39 is 20.7 Å². The number of hydrogen-bond donors (Lipinski definition) is 0. The van der Waals surface area contributed by atoms with Crippen LogP contribution < -0.4 is 4.74 Å². The SMILES string of the molecule is Cc1cc(Cc2ncc(Cl)c(Cc3ccccc3S(=O)(=O)C(C)C)n2)c(OC(C)C)cc1C1CCN(CC(=O)OC(C)(C)C)CC1. The van der Waals surface area contributed by atoms with Crippen molar-refractivity contribution in [3.63, 3.8) is 0 Å². The minimum Gasteiger partial charge on any atom is -0.491 e. The molecule has 0 spiro atoms. The molecular formula is C36H48ClN3O5S. The van der Waals surface area contributed by atoms with Crippen LogP contribution in [-0.4, -0.2) is 65.8 Å². The second-order valence-electron chi connectivity index (χ2n) is 13.8. The first-order chi connectivity index (χ1) is 21.5. The zero-order valence-corrected chi connectivity index (χ0v) is 30.0. The molecule has 1 saturated heterocycles. The number of halogens is 1. The predicted octanol–water partition coefficient (Wildman–Crippen LogP) is 7.11. The van der Waals surface area contributed by atoms with E-state index in [9.17, 15) is 13.2 Å². The van der Waals surface area contributed by atoms with Crippen LogP contribution in [0.15, 0.2) is 47.5 Å². The van der Waals surface area contributed by atoms with Gasteiger partial charge in [0.1, 0.15) is 17.2 Å². The topological polar surface area (TPSA) is 98.7 Å². The second-order valence-corrected chi connectivity index (χ2v) is 16.6. The molecule has 0 radical (unpaired) electrons. The molecule has 10 heteroatoms. The third-order valence-corrected chi connectivity index (χ3v) is 10.7. The monoisotopic (exact) mass is 669 g/mol. The number of aryl methyl sites for hydroxylation is 1. The number of benzene rings is 2. The molecule has 0 atom stereocenters. The first-order valence-electron chi connectivity index (χ1n) is 16.1. The lowest BCUT2D eigenvalue weighted by molar-refractivity contribution is -0.156. The lowest BCUT2D eigenvalue weighted by Crippen LogP contribution is -2.39. The van der Waals surface area contributed by atoms with E-state index in [1.54, 1.807) is 32.2 Å². The van der Waals surface area contributed by atoms with E-state index in [2.05, 4.69) is 28.9 Å². The molecule has 1 aromatic heterocycles. The van der Waals surface area contributed by atoms with Gasteiger partial charge in [0, 0.05) is 24.6 Å². The quantitative estimate of drug-likeness (QED) is 0.199. The average molecular weight is 670 g/mol. The fourth-order valence-electron chi connectivity index (χ4n) is 5.85. The molecule has 8 nitrogen and oxygen atoms in total. The molecule has 250 valence electrons. The van der Waals surface area contributed by atoms with Crippen LogP contribution in [-0.2, 0) is 32.2 Å². The molecule has 0 amide bonds. The molecule has 0 aliphatic carbocycles. The zero-order chi connectivity index (χ0) is 33.8. The van der Waals surface area contributed by atoms with Crippen LogP contribution in [0.3, 0.4) is 0 Å². The van der Waals surface area contributed by atoms with E-state index >= 15 is 0 Å². The van der Waals surface area contributed by atoms with Crippen molar-refractivity contribution < 1.29 is 22.7 Å². The Morgan fingerprint density at radius 1 is 1.04 bits per heavy atom. The Kier molecular flexibility index (Phi) is 11.5. The molecule has 2 aromatic carbocycles. The van der Waals surface area contributed by atoms with Crippen LogP contribution in [0.5, 0.6) is 5.75 Å². The van der Waals surface area contributed by atoms with E-state index in [0.29, 0.717) is 45.9 Å². The Balaban J connectivity index is 1.55. The van der Waals surface area contributed by atoms with Gasteiger partial charge in [-0.05, 0) is 116 Å². The Labute approximate surface area is 279 Å². The van der Waals surface area contributed by atoms with Crippen molar-refractivity contribution in [1.82, 2.24) is 14.9 Å². The van der Waals surface area contributed by atoms with Crippen molar-refractivity contribution in [2.75, 3.05) is 19.6 Å². The lowest BCUT2D eigenvalue weighted by Gasteiger charge is -2.33. The summed E-state index contributed by atoms with van der Waals surface area (Å²) >= 11 is 6.55. The third-order valence-electron chi connectivity index (χ3n) is 8.08.